The van der Waals surface area contributed by atoms with Gasteiger partial charge in [-0.2, -0.15) is 0 Å². The summed E-state index contributed by atoms with van der Waals surface area (Å²) in [5.74, 6) is 2.84. The number of anilines is 1. The van der Waals surface area contributed by atoms with Crippen LogP contribution in [0.1, 0.15) is 37.3 Å². The topological polar surface area (TPSA) is 61.8 Å². The molecule has 0 unspecified atom stereocenters. The van der Waals surface area contributed by atoms with E-state index in [0.717, 1.165) is 50.1 Å². The molecule has 164 valence electrons. The van der Waals surface area contributed by atoms with Gasteiger partial charge in [-0.1, -0.05) is 18.2 Å². The molecule has 1 aromatic heterocycles. The number of nitrogens with zero attached hydrogens (tertiary/aromatic N) is 3. The van der Waals surface area contributed by atoms with Gasteiger partial charge in [-0.25, -0.2) is 9.98 Å². The van der Waals surface area contributed by atoms with Crippen LogP contribution < -0.4 is 20.3 Å². The number of pyridine rings is 1. The summed E-state index contributed by atoms with van der Waals surface area (Å²) in [6.45, 7) is 6.54. The van der Waals surface area contributed by atoms with Crippen LogP contribution in [0.25, 0.3) is 0 Å². The number of benzene rings is 1. The first-order valence-electron chi connectivity index (χ1n) is 10.6. The average molecular weight is 523 g/mol. The average Bonchev–Trinajstić information content (AvgIpc) is 2.78. The van der Waals surface area contributed by atoms with Crippen molar-refractivity contribution in [3.8, 4) is 5.75 Å². The number of piperidine rings is 1. The Balaban J connectivity index is 0.00000320. The summed E-state index contributed by atoms with van der Waals surface area (Å²) in [6.07, 6.45) is 6.61. The number of aliphatic imine (C=N–C) groups is 1. The standard InChI is InChI=1S/C23H33N5O.HI/c1-3-24-23(26-14-12-20-9-5-6-10-21(20)29-2)27-18-19-11-13-25-22(17-19)28-15-7-4-8-16-28;/h5-6,9-11,13,17H,3-4,7-8,12,14-16,18H2,1-2H3,(H2,24,26,27);1H. The zero-order valence-corrected chi connectivity index (χ0v) is 20.4. The maximum atomic E-state index is 5.43. The van der Waals surface area contributed by atoms with Crippen molar-refractivity contribution in [1.29, 1.82) is 0 Å². The van der Waals surface area contributed by atoms with Crippen molar-refractivity contribution in [2.45, 2.75) is 39.2 Å². The molecular weight excluding hydrogens is 489 g/mol. The first-order valence-corrected chi connectivity index (χ1v) is 10.6. The molecule has 3 rings (SSSR count). The number of ether oxygens (including phenoxy) is 1. The number of methoxy groups -OCH3 is 1. The van der Waals surface area contributed by atoms with E-state index in [1.807, 2.05) is 24.4 Å². The lowest BCUT2D eigenvalue weighted by atomic mass is 10.1. The summed E-state index contributed by atoms with van der Waals surface area (Å²) in [4.78, 5) is 11.7. The molecular formula is C23H34IN5O. The van der Waals surface area contributed by atoms with Gasteiger partial charge in [-0.3, -0.25) is 0 Å². The van der Waals surface area contributed by atoms with Gasteiger partial charge in [0.15, 0.2) is 5.96 Å². The van der Waals surface area contributed by atoms with E-state index >= 15 is 0 Å². The molecule has 0 aliphatic carbocycles. The predicted molar refractivity (Wildman–Crippen MR) is 135 cm³/mol. The second kappa shape index (κ2) is 13.3. The van der Waals surface area contributed by atoms with E-state index in [1.165, 1.54) is 30.4 Å². The Hall–Kier alpha value is -2.03. The van der Waals surface area contributed by atoms with Crippen molar-refractivity contribution >= 4 is 35.8 Å². The maximum absolute atomic E-state index is 5.43. The maximum Gasteiger partial charge on any atom is 0.191 e. The summed E-state index contributed by atoms with van der Waals surface area (Å²) < 4.78 is 5.43. The zero-order valence-electron chi connectivity index (χ0n) is 18.1. The van der Waals surface area contributed by atoms with Crippen molar-refractivity contribution in [3.63, 3.8) is 0 Å². The highest BCUT2D eigenvalue weighted by Crippen LogP contribution is 2.19. The SMILES string of the molecule is CCNC(=NCc1ccnc(N2CCCCC2)c1)NCCc1ccccc1OC.I. The summed E-state index contributed by atoms with van der Waals surface area (Å²) >= 11 is 0. The van der Waals surface area contributed by atoms with E-state index in [-0.39, 0.29) is 24.0 Å². The molecule has 2 heterocycles. The Morgan fingerprint density at radius 2 is 1.93 bits per heavy atom. The lowest BCUT2D eigenvalue weighted by Crippen LogP contribution is -2.38. The molecule has 0 radical (unpaired) electrons. The van der Waals surface area contributed by atoms with E-state index in [9.17, 15) is 0 Å². The molecule has 6 nitrogen and oxygen atoms in total. The number of hydrogen-bond donors (Lipinski definition) is 2. The second-order valence-electron chi connectivity index (χ2n) is 7.25. The molecule has 1 saturated heterocycles. The van der Waals surface area contributed by atoms with Gasteiger partial charge in [0.05, 0.1) is 13.7 Å². The van der Waals surface area contributed by atoms with Crippen molar-refractivity contribution < 1.29 is 4.74 Å². The molecule has 1 fully saturated rings. The Morgan fingerprint density at radius 1 is 1.13 bits per heavy atom. The van der Waals surface area contributed by atoms with Crippen molar-refractivity contribution in [3.05, 3.63) is 53.7 Å². The normalized spacial score (nSPS) is 14.1. The van der Waals surface area contributed by atoms with Crippen LogP contribution in [-0.2, 0) is 13.0 Å². The molecule has 0 amide bonds. The van der Waals surface area contributed by atoms with Crippen molar-refractivity contribution in [1.82, 2.24) is 15.6 Å². The third-order valence-electron chi connectivity index (χ3n) is 5.13. The number of nitrogens with one attached hydrogen (secondary N) is 2. The fraction of sp³-hybridized carbons (Fsp3) is 0.478. The van der Waals surface area contributed by atoms with Gasteiger partial charge in [-0.15, -0.1) is 24.0 Å². The minimum atomic E-state index is 0. The number of para-hydroxylation sites is 1. The van der Waals surface area contributed by atoms with Crippen LogP contribution in [0.15, 0.2) is 47.6 Å². The predicted octanol–water partition coefficient (Wildman–Crippen LogP) is 4.00. The molecule has 2 aromatic rings. The quantitative estimate of drug-likeness (QED) is 0.311. The summed E-state index contributed by atoms with van der Waals surface area (Å²) in [6, 6.07) is 12.4. The van der Waals surface area contributed by atoms with E-state index in [2.05, 4.69) is 45.6 Å². The number of hydrogen-bond acceptors (Lipinski definition) is 4. The van der Waals surface area contributed by atoms with Crippen LogP contribution in [0.5, 0.6) is 5.75 Å². The first-order chi connectivity index (χ1) is 14.3. The fourth-order valence-electron chi connectivity index (χ4n) is 3.59. The Bertz CT molecular complexity index is 793. The highest BCUT2D eigenvalue weighted by Gasteiger charge is 2.12. The molecule has 0 spiro atoms. The third kappa shape index (κ3) is 7.34. The molecule has 1 aliphatic heterocycles. The van der Waals surface area contributed by atoms with Gasteiger partial charge in [-0.05, 0) is 61.9 Å². The number of guanidine groups is 1. The molecule has 2 N–H and O–H groups in total. The first kappa shape index (κ1) is 24.2. The van der Waals surface area contributed by atoms with Crippen LogP contribution in [0.4, 0.5) is 5.82 Å². The third-order valence-corrected chi connectivity index (χ3v) is 5.13. The molecule has 30 heavy (non-hydrogen) atoms. The monoisotopic (exact) mass is 523 g/mol. The summed E-state index contributed by atoms with van der Waals surface area (Å²) in [7, 11) is 1.71. The largest absolute Gasteiger partial charge is 0.496 e. The van der Waals surface area contributed by atoms with E-state index in [4.69, 9.17) is 9.73 Å². The van der Waals surface area contributed by atoms with Gasteiger partial charge < -0.3 is 20.3 Å². The van der Waals surface area contributed by atoms with Gasteiger partial charge in [0.1, 0.15) is 11.6 Å². The van der Waals surface area contributed by atoms with Gasteiger partial charge in [0, 0.05) is 32.4 Å². The van der Waals surface area contributed by atoms with E-state index < -0.39 is 0 Å². The van der Waals surface area contributed by atoms with Crippen molar-refractivity contribution in [2.24, 2.45) is 4.99 Å². The zero-order chi connectivity index (χ0) is 20.3. The summed E-state index contributed by atoms with van der Waals surface area (Å²) in [5, 5.41) is 6.75. The highest BCUT2D eigenvalue weighted by atomic mass is 127. The van der Waals surface area contributed by atoms with E-state index in [1.54, 1.807) is 7.11 Å². The Morgan fingerprint density at radius 3 is 2.70 bits per heavy atom. The Labute approximate surface area is 197 Å². The van der Waals surface area contributed by atoms with Gasteiger partial charge >= 0.3 is 0 Å². The van der Waals surface area contributed by atoms with Gasteiger partial charge in [0.2, 0.25) is 0 Å². The Kier molecular flexibility index (Phi) is 10.8. The highest BCUT2D eigenvalue weighted by molar-refractivity contribution is 14.0. The molecule has 1 aliphatic rings. The smallest absolute Gasteiger partial charge is 0.191 e. The van der Waals surface area contributed by atoms with E-state index in [0.29, 0.717) is 6.54 Å². The van der Waals surface area contributed by atoms with Crippen LogP contribution in [0, 0.1) is 0 Å². The molecule has 0 bridgehead atoms. The second-order valence-corrected chi connectivity index (χ2v) is 7.25. The molecule has 0 atom stereocenters. The minimum Gasteiger partial charge on any atom is -0.496 e. The van der Waals surface area contributed by atoms with Crippen LogP contribution in [0.3, 0.4) is 0 Å². The summed E-state index contributed by atoms with van der Waals surface area (Å²) in [5.41, 5.74) is 2.38. The van der Waals surface area contributed by atoms with Crippen LogP contribution in [-0.4, -0.2) is 44.2 Å². The van der Waals surface area contributed by atoms with Crippen LogP contribution in [0.2, 0.25) is 0 Å². The molecule has 1 aromatic carbocycles. The number of rotatable bonds is 8. The lowest BCUT2D eigenvalue weighted by molar-refractivity contribution is 0.409. The number of aromatic nitrogens is 1. The van der Waals surface area contributed by atoms with Crippen LogP contribution >= 0.6 is 24.0 Å². The minimum absolute atomic E-state index is 0. The number of halogens is 1. The van der Waals surface area contributed by atoms with Crippen molar-refractivity contribution in [2.75, 3.05) is 38.2 Å². The van der Waals surface area contributed by atoms with Gasteiger partial charge in [0.25, 0.3) is 0 Å². The fourth-order valence-corrected chi connectivity index (χ4v) is 3.59. The molecule has 7 heteroatoms. The lowest BCUT2D eigenvalue weighted by Gasteiger charge is -2.27. The molecule has 0 saturated carbocycles.